The molecule has 2 saturated heterocycles. The van der Waals surface area contributed by atoms with Crippen molar-refractivity contribution in [2.75, 3.05) is 45.8 Å². The second-order valence-corrected chi connectivity index (χ2v) is 9.29. The van der Waals surface area contributed by atoms with E-state index in [1.165, 1.54) is 35.3 Å². The summed E-state index contributed by atoms with van der Waals surface area (Å²) in [4.78, 5) is 16.6. The smallest absolute Gasteiger partial charge is 0.243 e. The zero-order valence-corrected chi connectivity index (χ0v) is 16.7. The Morgan fingerprint density at radius 1 is 1.00 bits per heavy atom. The van der Waals surface area contributed by atoms with E-state index in [2.05, 4.69) is 0 Å². The lowest BCUT2D eigenvalue weighted by Gasteiger charge is -2.34. The lowest BCUT2D eigenvalue weighted by Crippen LogP contribution is -2.51. The number of aryl methyl sites for hydroxylation is 1. The molecule has 1 aromatic carbocycles. The van der Waals surface area contributed by atoms with E-state index in [-0.39, 0.29) is 10.8 Å². The number of sulfonamides is 1. The van der Waals surface area contributed by atoms with Crippen molar-refractivity contribution in [3.05, 3.63) is 29.6 Å². The van der Waals surface area contributed by atoms with E-state index in [0.717, 1.165) is 25.9 Å². The van der Waals surface area contributed by atoms with Gasteiger partial charge in [0.15, 0.2) is 0 Å². The number of rotatable bonds is 4. The zero-order chi connectivity index (χ0) is 19.4. The van der Waals surface area contributed by atoms with Gasteiger partial charge in [0.1, 0.15) is 5.82 Å². The zero-order valence-electron chi connectivity index (χ0n) is 15.9. The van der Waals surface area contributed by atoms with Gasteiger partial charge in [0, 0.05) is 39.3 Å². The predicted octanol–water partition coefficient (Wildman–Crippen LogP) is 1.84. The van der Waals surface area contributed by atoms with E-state index in [0.29, 0.717) is 38.3 Å². The molecule has 8 heteroatoms. The number of carbonyl (C=O) groups excluding carboxylic acids is 1. The molecule has 0 aromatic heterocycles. The van der Waals surface area contributed by atoms with Crippen LogP contribution in [0, 0.1) is 12.7 Å². The van der Waals surface area contributed by atoms with Crippen molar-refractivity contribution in [2.45, 2.75) is 37.5 Å². The van der Waals surface area contributed by atoms with Crippen LogP contribution in [0.5, 0.6) is 0 Å². The lowest BCUT2D eigenvalue weighted by atomic mass is 10.2. The van der Waals surface area contributed by atoms with E-state index in [4.69, 9.17) is 0 Å². The summed E-state index contributed by atoms with van der Waals surface area (Å²) >= 11 is 0. The maximum Gasteiger partial charge on any atom is 0.243 e. The van der Waals surface area contributed by atoms with Crippen molar-refractivity contribution in [3.8, 4) is 0 Å². The minimum Gasteiger partial charge on any atom is -0.342 e. The molecule has 0 aliphatic carbocycles. The lowest BCUT2D eigenvalue weighted by molar-refractivity contribution is -0.132. The van der Waals surface area contributed by atoms with Crippen molar-refractivity contribution < 1.29 is 17.6 Å². The molecule has 3 rings (SSSR count). The van der Waals surface area contributed by atoms with Crippen LogP contribution in [0.2, 0.25) is 0 Å². The standard InChI is InChI=1S/C19H28FN3O3S/c1-16-14-17(20)6-7-18(16)27(25,26)23-12-10-21(11-13-23)15-19(24)22-8-4-2-3-5-9-22/h6-7,14H,2-5,8-13,15H2,1H3. The van der Waals surface area contributed by atoms with Crippen LogP contribution in [0.15, 0.2) is 23.1 Å². The molecule has 1 aromatic rings. The number of hydrogen-bond acceptors (Lipinski definition) is 4. The molecule has 150 valence electrons. The van der Waals surface area contributed by atoms with Gasteiger partial charge in [-0.05, 0) is 43.5 Å². The second-order valence-electron chi connectivity index (χ2n) is 7.39. The molecule has 2 heterocycles. The minimum atomic E-state index is -3.64. The predicted molar refractivity (Wildman–Crippen MR) is 101 cm³/mol. The molecule has 6 nitrogen and oxygen atoms in total. The Morgan fingerprint density at radius 3 is 2.22 bits per heavy atom. The van der Waals surface area contributed by atoms with Crippen molar-refractivity contribution in [1.29, 1.82) is 0 Å². The summed E-state index contributed by atoms with van der Waals surface area (Å²) in [7, 11) is -3.64. The Morgan fingerprint density at radius 2 is 1.63 bits per heavy atom. The summed E-state index contributed by atoms with van der Waals surface area (Å²) in [5.74, 6) is -0.300. The molecule has 0 radical (unpaired) electrons. The Labute approximate surface area is 161 Å². The van der Waals surface area contributed by atoms with Gasteiger partial charge in [-0.2, -0.15) is 4.31 Å². The third kappa shape index (κ3) is 4.86. The largest absolute Gasteiger partial charge is 0.342 e. The molecule has 0 N–H and O–H groups in total. The van der Waals surface area contributed by atoms with Crippen LogP contribution in [-0.2, 0) is 14.8 Å². The average Bonchev–Trinajstić information content (AvgIpc) is 2.91. The monoisotopic (exact) mass is 397 g/mol. The molecule has 0 unspecified atom stereocenters. The number of carbonyl (C=O) groups is 1. The Bertz CT molecular complexity index is 768. The number of hydrogen-bond donors (Lipinski definition) is 0. The van der Waals surface area contributed by atoms with Gasteiger partial charge >= 0.3 is 0 Å². The minimum absolute atomic E-state index is 0.141. The topological polar surface area (TPSA) is 60.9 Å². The van der Waals surface area contributed by atoms with E-state index >= 15 is 0 Å². The van der Waals surface area contributed by atoms with Crippen molar-refractivity contribution >= 4 is 15.9 Å². The fourth-order valence-corrected chi connectivity index (χ4v) is 5.41. The van der Waals surface area contributed by atoms with Gasteiger partial charge in [-0.1, -0.05) is 12.8 Å². The Hall–Kier alpha value is -1.51. The van der Waals surface area contributed by atoms with E-state index in [1.54, 1.807) is 6.92 Å². The normalized spacial score (nSPS) is 20.4. The summed E-state index contributed by atoms with van der Waals surface area (Å²) in [6.45, 7) is 5.35. The maximum absolute atomic E-state index is 13.3. The van der Waals surface area contributed by atoms with Crippen LogP contribution in [-0.4, -0.2) is 74.2 Å². The van der Waals surface area contributed by atoms with E-state index in [9.17, 15) is 17.6 Å². The first-order valence-electron chi connectivity index (χ1n) is 9.64. The molecule has 0 saturated carbocycles. The third-order valence-electron chi connectivity index (χ3n) is 5.40. The number of nitrogens with zero attached hydrogens (tertiary/aromatic N) is 3. The highest BCUT2D eigenvalue weighted by molar-refractivity contribution is 7.89. The van der Waals surface area contributed by atoms with Crippen molar-refractivity contribution in [3.63, 3.8) is 0 Å². The van der Waals surface area contributed by atoms with Gasteiger partial charge in [0.25, 0.3) is 0 Å². The number of piperazine rings is 1. The maximum atomic E-state index is 13.3. The highest BCUT2D eigenvalue weighted by Gasteiger charge is 2.30. The Kier molecular flexibility index (Phi) is 6.49. The summed E-state index contributed by atoms with van der Waals surface area (Å²) < 4.78 is 40.4. The van der Waals surface area contributed by atoms with E-state index in [1.807, 2.05) is 9.80 Å². The van der Waals surface area contributed by atoms with Crippen LogP contribution >= 0.6 is 0 Å². The average molecular weight is 398 g/mol. The quantitative estimate of drug-likeness (QED) is 0.778. The fourth-order valence-electron chi connectivity index (χ4n) is 3.78. The molecule has 2 aliphatic rings. The molecular weight excluding hydrogens is 369 g/mol. The van der Waals surface area contributed by atoms with Crippen molar-refractivity contribution in [1.82, 2.24) is 14.1 Å². The first kappa shape index (κ1) is 20.2. The van der Waals surface area contributed by atoms with Crippen LogP contribution in [0.4, 0.5) is 4.39 Å². The Balaban J connectivity index is 1.57. The van der Waals surface area contributed by atoms with Gasteiger partial charge in [-0.15, -0.1) is 0 Å². The molecule has 1 amide bonds. The molecule has 0 atom stereocenters. The number of amides is 1. The van der Waals surface area contributed by atoms with Gasteiger partial charge in [-0.3, -0.25) is 9.69 Å². The number of halogens is 1. The summed E-state index contributed by atoms with van der Waals surface area (Å²) in [6.07, 6.45) is 4.50. The molecule has 2 fully saturated rings. The van der Waals surface area contributed by atoms with Gasteiger partial charge in [0.05, 0.1) is 11.4 Å². The molecular formula is C19H28FN3O3S. The van der Waals surface area contributed by atoms with Crippen LogP contribution < -0.4 is 0 Å². The molecule has 2 aliphatic heterocycles. The second kappa shape index (κ2) is 8.67. The number of benzene rings is 1. The third-order valence-corrected chi connectivity index (χ3v) is 7.46. The molecule has 0 spiro atoms. The highest BCUT2D eigenvalue weighted by atomic mass is 32.2. The van der Waals surface area contributed by atoms with Crippen molar-refractivity contribution in [2.24, 2.45) is 0 Å². The van der Waals surface area contributed by atoms with Crippen LogP contribution in [0.1, 0.15) is 31.2 Å². The first-order valence-corrected chi connectivity index (χ1v) is 11.1. The summed E-state index contributed by atoms with van der Waals surface area (Å²) in [6, 6.07) is 3.74. The molecule has 27 heavy (non-hydrogen) atoms. The van der Waals surface area contributed by atoms with Crippen LogP contribution in [0.3, 0.4) is 0 Å². The van der Waals surface area contributed by atoms with Crippen LogP contribution in [0.25, 0.3) is 0 Å². The van der Waals surface area contributed by atoms with Gasteiger partial charge in [-0.25, -0.2) is 12.8 Å². The van der Waals surface area contributed by atoms with E-state index < -0.39 is 15.8 Å². The summed E-state index contributed by atoms with van der Waals surface area (Å²) in [5, 5.41) is 0. The fraction of sp³-hybridized carbons (Fsp3) is 0.632. The highest BCUT2D eigenvalue weighted by Crippen LogP contribution is 2.22. The SMILES string of the molecule is Cc1cc(F)ccc1S(=O)(=O)N1CCN(CC(=O)N2CCCCCC2)CC1. The van der Waals surface area contributed by atoms with Gasteiger partial charge < -0.3 is 4.90 Å². The summed E-state index contributed by atoms with van der Waals surface area (Å²) in [5.41, 5.74) is 0.411. The number of likely N-dealkylation sites (tertiary alicyclic amines) is 1. The first-order chi connectivity index (χ1) is 12.9. The molecule has 0 bridgehead atoms. The van der Waals surface area contributed by atoms with Gasteiger partial charge in [0.2, 0.25) is 15.9 Å².